The Bertz CT molecular complexity index is 308. The molecular weight excluding hydrogens is 236 g/mol. The molecule has 0 aliphatic heterocycles. The van der Waals surface area contributed by atoms with Crippen molar-refractivity contribution in [3.63, 3.8) is 0 Å². The van der Waals surface area contributed by atoms with Crippen LogP contribution in [0.25, 0.3) is 0 Å². The molecule has 0 saturated heterocycles. The van der Waals surface area contributed by atoms with Crippen LogP contribution in [-0.4, -0.2) is 52.9 Å². The van der Waals surface area contributed by atoms with Gasteiger partial charge in [-0.05, 0) is 12.8 Å². The Hall–Kier alpha value is -1.30. The predicted octanol–water partition coefficient (Wildman–Crippen LogP) is 0.652. The SMILES string of the molecule is CC(CN(C)C(=O)NC1CCCCC1O)C(=O)O. The van der Waals surface area contributed by atoms with Gasteiger partial charge in [-0.1, -0.05) is 19.8 Å². The summed E-state index contributed by atoms with van der Waals surface area (Å²) in [6.45, 7) is 1.71. The molecule has 0 heterocycles. The molecule has 0 radical (unpaired) electrons. The summed E-state index contributed by atoms with van der Waals surface area (Å²) in [4.78, 5) is 23.9. The first-order valence-electron chi connectivity index (χ1n) is 6.34. The first kappa shape index (κ1) is 14.8. The zero-order chi connectivity index (χ0) is 13.7. The number of carbonyl (C=O) groups excluding carboxylic acids is 1. The predicted molar refractivity (Wildman–Crippen MR) is 66.2 cm³/mol. The molecule has 1 saturated carbocycles. The summed E-state index contributed by atoms with van der Waals surface area (Å²) in [6, 6.07) is -0.539. The van der Waals surface area contributed by atoms with Crippen molar-refractivity contribution in [2.45, 2.75) is 44.8 Å². The Labute approximate surface area is 107 Å². The normalized spacial score (nSPS) is 25.3. The van der Waals surface area contributed by atoms with E-state index >= 15 is 0 Å². The van der Waals surface area contributed by atoms with Crippen molar-refractivity contribution < 1.29 is 19.8 Å². The number of carbonyl (C=O) groups is 2. The number of hydrogen-bond donors (Lipinski definition) is 3. The van der Waals surface area contributed by atoms with Gasteiger partial charge < -0.3 is 20.4 Å². The van der Waals surface area contributed by atoms with Gasteiger partial charge in [-0.15, -0.1) is 0 Å². The van der Waals surface area contributed by atoms with Gasteiger partial charge in [0.15, 0.2) is 0 Å². The molecule has 0 aromatic rings. The minimum Gasteiger partial charge on any atom is -0.481 e. The number of nitrogens with zero attached hydrogens (tertiary/aromatic N) is 1. The fourth-order valence-corrected chi connectivity index (χ4v) is 2.12. The summed E-state index contributed by atoms with van der Waals surface area (Å²) < 4.78 is 0. The average molecular weight is 258 g/mol. The Morgan fingerprint density at radius 3 is 2.56 bits per heavy atom. The molecule has 3 N–H and O–H groups in total. The fraction of sp³-hybridized carbons (Fsp3) is 0.833. The number of hydrogen-bond acceptors (Lipinski definition) is 3. The van der Waals surface area contributed by atoms with Gasteiger partial charge in [-0.3, -0.25) is 4.79 Å². The average Bonchev–Trinajstić information content (AvgIpc) is 2.31. The molecule has 1 aliphatic carbocycles. The number of aliphatic carboxylic acids is 1. The molecule has 6 heteroatoms. The minimum atomic E-state index is -0.924. The summed E-state index contributed by atoms with van der Waals surface area (Å²) in [5, 5.41) is 21.3. The maximum absolute atomic E-state index is 11.8. The van der Waals surface area contributed by atoms with Crippen LogP contribution in [0.2, 0.25) is 0 Å². The summed E-state index contributed by atoms with van der Waals surface area (Å²) in [6.07, 6.45) is 2.97. The topological polar surface area (TPSA) is 89.9 Å². The highest BCUT2D eigenvalue weighted by Crippen LogP contribution is 2.18. The summed E-state index contributed by atoms with van der Waals surface area (Å²) in [5.74, 6) is -1.52. The van der Waals surface area contributed by atoms with Crippen LogP contribution >= 0.6 is 0 Å². The van der Waals surface area contributed by atoms with Gasteiger partial charge in [0.1, 0.15) is 0 Å². The molecule has 2 amide bonds. The summed E-state index contributed by atoms with van der Waals surface area (Å²) >= 11 is 0. The third-order valence-electron chi connectivity index (χ3n) is 3.35. The van der Waals surface area contributed by atoms with Gasteiger partial charge in [0.2, 0.25) is 0 Å². The van der Waals surface area contributed by atoms with Gasteiger partial charge in [0.25, 0.3) is 0 Å². The van der Waals surface area contributed by atoms with Crippen LogP contribution in [0.4, 0.5) is 4.79 Å². The zero-order valence-corrected chi connectivity index (χ0v) is 10.9. The van der Waals surface area contributed by atoms with E-state index in [4.69, 9.17) is 5.11 Å². The Morgan fingerprint density at radius 1 is 1.39 bits per heavy atom. The van der Waals surface area contributed by atoms with Gasteiger partial charge in [0.05, 0.1) is 18.1 Å². The van der Waals surface area contributed by atoms with Crippen molar-refractivity contribution >= 4 is 12.0 Å². The molecule has 0 spiro atoms. The Balaban J connectivity index is 2.41. The lowest BCUT2D eigenvalue weighted by Gasteiger charge is -2.30. The lowest BCUT2D eigenvalue weighted by molar-refractivity contribution is -0.141. The highest BCUT2D eigenvalue weighted by atomic mass is 16.4. The van der Waals surface area contributed by atoms with Crippen LogP contribution in [0.5, 0.6) is 0 Å². The summed E-state index contributed by atoms with van der Waals surface area (Å²) in [7, 11) is 1.56. The first-order valence-corrected chi connectivity index (χ1v) is 6.34. The second-order valence-electron chi connectivity index (χ2n) is 5.03. The van der Waals surface area contributed by atoms with Crippen molar-refractivity contribution in [1.82, 2.24) is 10.2 Å². The molecule has 6 nitrogen and oxygen atoms in total. The van der Waals surface area contributed by atoms with Crippen LogP contribution in [0.1, 0.15) is 32.6 Å². The smallest absolute Gasteiger partial charge is 0.317 e. The molecule has 0 aromatic carbocycles. The molecular formula is C12H22N2O4. The Morgan fingerprint density at radius 2 is 2.00 bits per heavy atom. The highest BCUT2D eigenvalue weighted by Gasteiger charge is 2.26. The number of nitrogens with one attached hydrogen (secondary N) is 1. The number of amides is 2. The van der Waals surface area contributed by atoms with E-state index in [1.165, 1.54) is 4.90 Å². The van der Waals surface area contributed by atoms with E-state index in [-0.39, 0.29) is 18.6 Å². The van der Waals surface area contributed by atoms with Crippen molar-refractivity contribution in [2.75, 3.05) is 13.6 Å². The molecule has 3 unspecified atom stereocenters. The third-order valence-corrected chi connectivity index (χ3v) is 3.35. The van der Waals surface area contributed by atoms with Gasteiger partial charge in [-0.25, -0.2) is 4.79 Å². The molecule has 3 atom stereocenters. The molecule has 0 bridgehead atoms. The Kier molecular flexibility index (Phi) is 5.40. The van der Waals surface area contributed by atoms with Gasteiger partial charge in [-0.2, -0.15) is 0 Å². The standard InChI is InChI=1S/C12H22N2O4/c1-8(11(16)17)7-14(2)12(18)13-9-5-3-4-6-10(9)15/h8-10,15H,3-7H2,1-2H3,(H,13,18)(H,16,17). The maximum Gasteiger partial charge on any atom is 0.317 e. The molecule has 1 fully saturated rings. The van der Waals surface area contributed by atoms with Crippen LogP contribution in [-0.2, 0) is 4.79 Å². The third kappa shape index (κ3) is 4.18. The molecule has 18 heavy (non-hydrogen) atoms. The van der Waals surface area contributed by atoms with E-state index < -0.39 is 18.0 Å². The van der Waals surface area contributed by atoms with E-state index in [9.17, 15) is 14.7 Å². The number of rotatable bonds is 4. The van der Waals surface area contributed by atoms with E-state index in [1.54, 1.807) is 14.0 Å². The largest absolute Gasteiger partial charge is 0.481 e. The maximum atomic E-state index is 11.8. The van der Waals surface area contributed by atoms with Gasteiger partial charge in [0, 0.05) is 13.6 Å². The quantitative estimate of drug-likeness (QED) is 0.690. The van der Waals surface area contributed by atoms with Crippen LogP contribution in [0.15, 0.2) is 0 Å². The molecule has 104 valence electrons. The number of aliphatic hydroxyl groups excluding tert-OH is 1. The van der Waals surface area contributed by atoms with E-state index in [0.29, 0.717) is 6.42 Å². The molecule has 1 rings (SSSR count). The van der Waals surface area contributed by atoms with Crippen molar-refractivity contribution in [3.8, 4) is 0 Å². The van der Waals surface area contributed by atoms with Gasteiger partial charge >= 0.3 is 12.0 Å². The van der Waals surface area contributed by atoms with Crippen LogP contribution in [0, 0.1) is 5.92 Å². The van der Waals surface area contributed by atoms with Crippen LogP contribution < -0.4 is 5.32 Å². The summed E-state index contributed by atoms with van der Waals surface area (Å²) in [5.41, 5.74) is 0. The zero-order valence-electron chi connectivity index (χ0n) is 10.9. The monoisotopic (exact) mass is 258 g/mol. The van der Waals surface area contributed by atoms with E-state index in [0.717, 1.165) is 19.3 Å². The molecule has 0 aromatic heterocycles. The minimum absolute atomic E-state index is 0.157. The number of carboxylic acid groups (broad SMARTS) is 1. The molecule has 1 aliphatic rings. The van der Waals surface area contributed by atoms with Crippen molar-refractivity contribution in [2.24, 2.45) is 5.92 Å². The fourth-order valence-electron chi connectivity index (χ4n) is 2.12. The van der Waals surface area contributed by atoms with Crippen molar-refractivity contribution in [3.05, 3.63) is 0 Å². The van der Waals surface area contributed by atoms with E-state index in [2.05, 4.69) is 5.32 Å². The second-order valence-corrected chi connectivity index (χ2v) is 5.03. The first-order chi connectivity index (χ1) is 8.41. The second kappa shape index (κ2) is 6.58. The number of carboxylic acids is 1. The highest BCUT2D eigenvalue weighted by molar-refractivity contribution is 5.76. The lowest BCUT2D eigenvalue weighted by atomic mass is 9.93. The number of aliphatic hydroxyl groups is 1. The lowest BCUT2D eigenvalue weighted by Crippen LogP contribution is -2.50. The van der Waals surface area contributed by atoms with Crippen molar-refractivity contribution in [1.29, 1.82) is 0 Å². The number of urea groups is 1. The van der Waals surface area contributed by atoms with Crippen LogP contribution in [0.3, 0.4) is 0 Å². The van der Waals surface area contributed by atoms with E-state index in [1.807, 2.05) is 0 Å².